The lowest BCUT2D eigenvalue weighted by Crippen LogP contribution is -2.27. The van der Waals surface area contributed by atoms with Crippen molar-refractivity contribution in [3.63, 3.8) is 0 Å². The van der Waals surface area contributed by atoms with Crippen LogP contribution in [-0.2, 0) is 16.0 Å². The number of fused-ring (bicyclic) bond motifs is 1. The van der Waals surface area contributed by atoms with E-state index in [4.69, 9.17) is 27.9 Å². The number of aromatic amines is 2. The molecular formula is C19H18Cl2N4O2. The van der Waals surface area contributed by atoms with E-state index < -0.39 is 0 Å². The van der Waals surface area contributed by atoms with Gasteiger partial charge in [0, 0.05) is 35.8 Å². The van der Waals surface area contributed by atoms with E-state index in [1.807, 2.05) is 12.1 Å². The Balaban J connectivity index is 1.62. The lowest BCUT2D eigenvalue weighted by Gasteiger charge is -2.06. The molecule has 0 aliphatic rings. The lowest BCUT2D eigenvalue weighted by atomic mass is 10.2. The maximum atomic E-state index is 12.2. The number of amides is 1. The van der Waals surface area contributed by atoms with E-state index in [-0.39, 0.29) is 11.7 Å². The molecule has 0 aliphatic heterocycles. The number of hydrogen-bond donors (Lipinski definition) is 3. The zero-order valence-electron chi connectivity index (χ0n) is 14.6. The van der Waals surface area contributed by atoms with Gasteiger partial charge in [0.05, 0.1) is 29.2 Å². The summed E-state index contributed by atoms with van der Waals surface area (Å²) in [5, 5.41) is 4.75. The number of H-pyrrole nitrogens is 2. The molecule has 2 aromatic heterocycles. The molecule has 27 heavy (non-hydrogen) atoms. The van der Waals surface area contributed by atoms with Gasteiger partial charge in [0.15, 0.2) is 5.76 Å². The maximum Gasteiger partial charge on any atom is 0.286 e. The van der Waals surface area contributed by atoms with Crippen molar-refractivity contribution in [1.82, 2.24) is 20.3 Å². The molecule has 140 valence electrons. The fraction of sp³-hybridized carbons (Fsp3) is 0.158. The largest absolute Gasteiger partial charge is 0.491 e. The summed E-state index contributed by atoms with van der Waals surface area (Å²) in [6, 6.07) is 5.52. The third kappa shape index (κ3) is 4.93. The monoisotopic (exact) mass is 404 g/mol. The first-order chi connectivity index (χ1) is 13.1. The second kappa shape index (κ2) is 8.79. The predicted molar refractivity (Wildman–Crippen MR) is 108 cm³/mol. The molecule has 0 aliphatic carbocycles. The number of methoxy groups -OCH3 is 1. The van der Waals surface area contributed by atoms with E-state index >= 15 is 0 Å². The van der Waals surface area contributed by atoms with Gasteiger partial charge < -0.3 is 20.0 Å². The number of rotatable bonds is 7. The number of ether oxygens (including phenoxy) is 1. The number of hydrogen-bond acceptors (Lipinski definition) is 3. The van der Waals surface area contributed by atoms with Gasteiger partial charge in [0.2, 0.25) is 0 Å². The van der Waals surface area contributed by atoms with Crippen LogP contribution in [0.25, 0.3) is 17.0 Å². The Labute approximate surface area is 166 Å². The van der Waals surface area contributed by atoms with Gasteiger partial charge in [-0.25, -0.2) is 4.98 Å². The van der Waals surface area contributed by atoms with Crippen LogP contribution in [0.4, 0.5) is 0 Å². The minimum absolute atomic E-state index is 0.218. The highest BCUT2D eigenvalue weighted by molar-refractivity contribution is 6.42. The normalized spacial score (nSPS) is 12.0. The molecule has 3 N–H and O–H groups in total. The molecule has 0 unspecified atom stereocenters. The molecule has 0 atom stereocenters. The van der Waals surface area contributed by atoms with Crippen molar-refractivity contribution in [2.75, 3.05) is 13.7 Å². The Hall–Kier alpha value is -2.70. The van der Waals surface area contributed by atoms with Crippen LogP contribution < -0.4 is 5.32 Å². The molecule has 1 aromatic carbocycles. The average Bonchev–Trinajstić information content (AvgIpc) is 3.28. The zero-order chi connectivity index (χ0) is 19.2. The van der Waals surface area contributed by atoms with Crippen molar-refractivity contribution in [2.45, 2.75) is 6.42 Å². The molecule has 0 saturated heterocycles. The van der Waals surface area contributed by atoms with E-state index in [0.717, 1.165) is 22.3 Å². The molecule has 0 bridgehead atoms. The number of nitrogens with zero attached hydrogens (tertiary/aromatic N) is 1. The maximum absolute atomic E-state index is 12.2. The van der Waals surface area contributed by atoms with Gasteiger partial charge in [-0.05, 0) is 30.4 Å². The van der Waals surface area contributed by atoms with Crippen molar-refractivity contribution < 1.29 is 9.53 Å². The van der Waals surface area contributed by atoms with Crippen molar-refractivity contribution in [3.05, 3.63) is 70.1 Å². The Bertz CT molecular complexity index is 952. The van der Waals surface area contributed by atoms with E-state index in [9.17, 15) is 4.79 Å². The minimum Gasteiger partial charge on any atom is -0.491 e. The molecule has 3 rings (SSSR count). The van der Waals surface area contributed by atoms with Crippen LogP contribution in [0.5, 0.6) is 0 Å². The number of aromatic nitrogens is 3. The smallest absolute Gasteiger partial charge is 0.286 e. The fourth-order valence-corrected chi connectivity index (χ4v) is 2.87. The fourth-order valence-electron chi connectivity index (χ4n) is 2.53. The topological polar surface area (TPSA) is 82.8 Å². The first-order valence-corrected chi connectivity index (χ1v) is 8.98. The highest BCUT2D eigenvalue weighted by atomic mass is 35.5. The highest BCUT2D eigenvalue weighted by Gasteiger charge is 2.08. The van der Waals surface area contributed by atoms with Crippen LogP contribution in [0.1, 0.15) is 11.4 Å². The van der Waals surface area contributed by atoms with Crippen molar-refractivity contribution >= 4 is 46.1 Å². The summed E-state index contributed by atoms with van der Waals surface area (Å²) in [6.07, 6.45) is 9.21. The van der Waals surface area contributed by atoms with Crippen molar-refractivity contribution in [2.24, 2.45) is 0 Å². The van der Waals surface area contributed by atoms with Gasteiger partial charge in [-0.15, -0.1) is 0 Å². The van der Waals surface area contributed by atoms with Crippen molar-refractivity contribution in [1.29, 1.82) is 0 Å². The van der Waals surface area contributed by atoms with E-state index in [0.29, 0.717) is 23.0 Å². The molecule has 0 fully saturated rings. The van der Waals surface area contributed by atoms with Gasteiger partial charge in [0.25, 0.3) is 5.91 Å². The summed E-state index contributed by atoms with van der Waals surface area (Å²) < 4.78 is 5.16. The van der Waals surface area contributed by atoms with Crippen LogP contribution >= 0.6 is 23.2 Å². The number of carbonyl (C=O) groups excluding carboxylic acids is 1. The molecular weight excluding hydrogens is 387 g/mol. The molecule has 6 nitrogen and oxygen atoms in total. The van der Waals surface area contributed by atoms with Crippen LogP contribution in [0, 0.1) is 0 Å². The number of halogens is 2. The summed E-state index contributed by atoms with van der Waals surface area (Å²) in [5.74, 6) is -0.0663. The molecule has 0 saturated carbocycles. The van der Waals surface area contributed by atoms with Crippen LogP contribution in [0.2, 0.25) is 10.0 Å². The number of imidazole rings is 1. The lowest BCUT2D eigenvalue weighted by molar-refractivity contribution is -0.120. The summed E-state index contributed by atoms with van der Waals surface area (Å²) >= 11 is 12.1. The first kappa shape index (κ1) is 19.1. The van der Waals surface area contributed by atoms with Crippen molar-refractivity contribution in [3.8, 4) is 0 Å². The molecule has 0 spiro atoms. The molecule has 0 radical (unpaired) electrons. The number of benzene rings is 1. The summed E-state index contributed by atoms with van der Waals surface area (Å²) in [6.45, 7) is 0.470. The molecule has 8 heteroatoms. The van der Waals surface area contributed by atoms with Gasteiger partial charge in [-0.1, -0.05) is 29.3 Å². The SMILES string of the molecule is COC(=CC=Cc1cc2cc(Cl)c(Cl)cc2[nH]1)C(=O)NCCc1c[nH]cn1. The minimum atomic E-state index is -0.284. The van der Waals surface area contributed by atoms with Gasteiger partial charge >= 0.3 is 0 Å². The average molecular weight is 405 g/mol. The second-order valence-electron chi connectivity index (χ2n) is 5.74. The third-order valence-corrected chi connectivity index (χ3v) is 4.59. The van der Waals surface area contributed by atoms with Gasteiger partial charge in [-0.2, -0.15) is 0 Å². The van der Waals surface area contributed by atoms with E-state index in [1.165, 1.54) is 7.11 Å². The van der Waals surface area contributed by atoms with Crippen LogP contribution in [-0.4, -0.2) is 34.5 Å². The summed E-state index contributed by atoms with van der Waals surface area (Å²) in [4.78, 5) is 22.4. The van der Waals surface area contributed by atoms with Crippen LogP contribution in [0.3, 0.4) is 0 Å². The molecule has 2 heterocycles. The zero-order valence-corrected chi connectivity index (χ0v) is 16.1. The Morgan fingerprint density at radius 3 is 2.85 bits per heavy atom. The third-order valence-electron chi connectivity index (χ3n) is 3.87. The predicted octanol–water partition coefficient (Wildman–Crippen LogP) is 4.10. The molecule has 1 amide bonds. The van der Waals surface area contributed by atoms with Crippen LogP contribution in [0.15, 0.2) is 48.6 Å². The van der Waals surface area contributed by atoms with Gasteiger partial charge in [0.1, 0.15) is 0 Å². The van der Waals surface area contributed by atoms with E-state index in [1.54, 1.807) is 36.8 Å². The van der Waals surface area contributed by atoms with Gasteiger partial charge in [-0.3, -0.25) is 4.79 Å². The second-order valence-corrected chi connectivity index (χ2v) is 6.55. The number of nitrogens with one attached hydrogen (secondary N) is 3. The Morgan fingerprint density at radius 2 is 2.11 bits per heavy atom. The first-order valence-electron chi connectivity index (χ1n) is 8.23. The quantitative estimate of drug-likeness (QED) is 0.315. The standard InChI is InChI=1S/C19H18Cl2N4O2/c1-27-18(19(26)23-6-5-14-10-22-11-24-14)4-2-3-13-7-12-8-15(20)16(21)9-17(12)25-13/h2-4,7-11,25H,5-6H2,1H3,(H,22,24)(H,23,26). The number of carbonyl (C=O) groups is 1. The Morgan fingerprint density at radius 1 is 1.30 bits per heavy atom. The summed E-state index contributed by atoms with van der Waals surface area (Å²) in [5.41, 5.74) is 2.63. The Kier molecular flexibility index (Phi) is 6.21. The summed E-state index contributed by atoms with van der Waals surface area (Å²) in [7, 11) is 1.46. The molecule has 3 aromatic rings. The van der Waals surface area contributed by atoms with E-state index in [2.05, 4.69) is 20.3 Å². The highest BCUT2D eigenvalue weighted by Crippen LogP contribution is 2.28. The number of allylic oxidation sites excluding steroid dienone is 2.